The maximum Gasteiger partial charge on any atom is 0.256 e. The standard InChI is InChI=1S/C26H37N3O4/c1-5-7-17-32-20(3)25(30)28-22-12-14-24(15-13-22)29(19-23-11-9-10-16-27-23)26(31)21(4)33-18-8-6-2/h9-16,20-21H,5-8,17-19H2,1-4H3,(H,28,30). The summed E-state index contributed by atoms with van der Waals surface area (Å²) in [5.74, 6) is -0.329. The zero-order valence-corrected chi connectivity index (χ0v) is 20.3. The van der Waals surface area contributed by atoms with Gasteiger partial charge in [0.1, 0.15) is 12.2 Å². The van der Waals surface area contributed by atoms with Crippen LogP contribution in [0.25, 0.3) is 0 Å². The van der Waals surface area contributed by atoms with Crippen LogP contribution < -0.4 is 10.2 Å². The van der Waals surface area contributed by atoms with Crippen molar-refractivity contribution < 1.29 is 19.1 Å². The van der Waals surface area contributed by atoms with Crippen LogP contribution in [0, 0.1) is 0 Å². The molecule has 0 saturated carbocycles. The molecule has 2 atom stereocenters. The predicted octanol–water partition coefficient (Wildman–Crippen LogP) is 4.96. The van der Waals surface area contributed by atoms with Gasteiger partial charge < -0.3 is 19.7 Å². The summed E-state index contributed by atoms with van der Waals surface area (Å²) in [5, 5.41) is 2.87. The second-order valence-corrected chi connectivity index (χ2v) is 8.01. The first-order valence-corrected chi connectivity index (χ1v) is 11.8. The van der Waals surface area contributed by atoms with Gasteiger partial charge in [-0.25, -0.2) is 0 Å². The van der Waals surface area contributed by atoms with Gasteiger partial charge in [-0.15, -0.1) is 0 Å². The number of ether oxygens (including phenoxy) is 2. The van der Waals surface area contributed by atoms with E-state index >= 15 is 0 Å². The van der Waals surface area contributed by atoms with E-state index in [0.717, 1.165) is 31.4 Å². The number of unbranched alkanes of at least 4 members (excludes halogenated alkanes) is 2. The Bertz CT molecular complexity index is 842. The molecular weight excluding hydrogens is 418 g/mol. The first-order valence-electron chi connectivity index (χ1n) is 11.8. The van der Waals surface area contributed by atoms with Crippen LogP contribution in [0.4, 0.5) is 11.4 Å². The Hall–Kier alpha value is -2.77. The van der Waals surface area contributed by atoms with E-state index in [1.807, 2.05) is 30.3 Å². The Balaban J connectivity index is 2.11. The van der Waals surface area contributed by atoms with Crippen molar-refractivity contribution in [2.45, 2.75) is 72.1 Å². The molecule has 0 spiro atoms. The van der Waals surface area contributed by atoms with Gasteiger partial charge in [-0.05, 0) is 63.1 Å². The maximum absolute atomic E-state index is 13.2. The number of aromatic nitrogens is 1. The van der Waals surface area contributed by atoms with Gasteiger partial charge in [0.05, 0.1) is 12.2 Å². The zero-order chi connectivity index (χ0) is 24.1. The molecule has 0 aliphatic heterocycles. The number of nitrogens with zero attached hydrogens (tertiary/aromatic N) is 2. The number of hydrogen-bond donors (Lipinski definition) is 1. The van der Waals surface area contributed by atoms with E-state index in [9.17, 15) is 9.59 Å². The summed E-state index contributed by atoms with van der Waals surface area (Å²) in [7, 11) is 0. The molecule has 2 amide bonds. The summed E-state index contributed by atoms with van der Waals surface area (Å²) in [6, 6.07) is 12.8. The first kappa shape index (κ1) is 26.5. The van der Waals surface area contributed by atoms with Crippen molar-refractivity contribution in [1.82, 2.24) is 4.98 Å². The highest BCUT2D eigenvalue weighted by atomic mass is 16.5. The van der Waals surface area contributed by atoms with Gasteiger partial charge in [-0.3, -0.25) is 14.6 Å². The minimum Gasteiger partial charge on any atom is -0.369 e. The number of hydrogen-bond acceptors (Lipinski definition) is 5. The highest BCUT2D eigenvalue weighted by molar-refractivity contribution is 5.97. The molecular formula is C26H37N3O4. The lowest BCUT2D eigenvalue weighted by Gasteiger charge is -2.26. The Morgan fingerprint density at radius 2 is 1.58 bits per heavy atom. The van der Waals surface area contributed by atoms with Crippen molar-refractivity contribution in [2.24, 2.45) is 0 Å². The van der Waals surface area contributed by atoms with Gasteiger partial charge >= 0.3 is 0 Å². The van der Waals surface area contributed by atoms with Crippen LogP contribution in [0.3, 0.4) is 0 Å². The number of nitrogens with one attached hydrogen (secondary N) is 1. The van der Waals surface area contributed by atoms with Gasteiger partial charge in [0.15, 0.2) is 0 Å². The summed E-state index contributed by atoms with van der Waals surface area (Å²) in [6.07, 6.45) is 4.47. The molecule has 0 saturated heterocycles. The highest BCUT2D eigenvalue weighted by Gasteiger charge is 2.23. The van der Waals surface area contributed by atoms with Crippen LogP contribution in [-0.2, 0) is 25.6 Å². The molecule has 7 nitrogen and oxygen atoms in total. The molecule has 2 rings (SSSR count). The molecule has 7 heteroatoms. The minimum atomic E-state index is -0.569. The Morgan fingerprint density at radius 3 is 2.15 bits per heavy atom. The van der Waals surface area contributed by atoms with Crippen molar-refractivity contribution in [3.8, 4) is 0 Å². The minimum absolute atomic E-state index is 0.133. The highest BCUT2D eigenvalue weighted by Crippen LogP contribution is 2.22. The van der Waals surface area contributed by atoms with E-state index in [-0.39, 0.29) is 11.8 Å². The Kier molecular flexibility index (Phi) is 11.6. The summed E-state index contributed by atoms with van der Waals surface area (Å²) < 4.78 is 11.3. The van der Waals surface area contributed by atoms with Gasteiger partial charge in [0, 0.05) is 30.8 Å². The number of benzene rings is 1. The molecule has 33 heavy (non-hydrogen) atoms. The van der Waals surface area contributed by atoms with Crippen molar-refractivity contribution in [3.05, 3.63) is 54.4 Å². The van der Waals surface area contributed by atoms with E-state index in [1.54, 1.807) is 37.1 Å². The number of anilines is 2. The largest absolute Gasteiger partial charge is 0.369 e. The number of carbonyl (C=O) groups is 2. The topological polar surface area (TPSA) is 80.8 Å². The molecule has 0 aliphatic carbocycles. The van der Waals surface area contributed by atoms with Crippen molar-refractivity contribution in [1.29, 1.82) is 0 Å². The fraction of sp³-hybridized carbons (Fsp3) is 0.500. The van der Waals surface area contributed by atoms with Crippen LogP contribution in [0.2, 0.25) is 0 Å². The number of pyridine rings is 1. The molecule has 2 aromatic rings. The first-order chi connectivity index (χ1) is 16.0. The van der Waals surface area contributed by atoms with E-state index in [4.69, 9.17) is 9.47 Å². The van der Waals surface area contributed by atoms with Crippen LogP contribution in [-0.4, -0.2) is 42.2 Å². The zero-order valence-electron chi connectivity index (χ0n) is 20.3. The second kappa shape index (κ2) is 14.4. The average molecular weight is 456 g/mol. The molecule has 180 valence electrons. The maximum atomic E-state index is 13.2. The molecule has 0 aliphatic rings. The fourth-order valence-corrected chi connectivity index (χ4v) is 3.09. The third-order valence-electron chi connectivity index (χ3n) is 5.21. The third-order valence-corrected chi connectivity index (χ3v) is 5.21. The van der Waals surface area contributed by atoms with E-state index in [2.05, 4.69) is 24.1 Å². The lowest BCUT2D eigenvalue weighted by Crippen LogP contribution is -2.39. The monoisotopic (exact) mass is 455 g/mol. The normalized spacial score (nSPS) is 12.7. The second-order valence-electron chi connectivity index (χ2n) is 8.01. The number of amides is 2. The van der Waals surface area contributed by atoms with Crippen LogP contribution in [0.1, 0.15) is 59.1 Å². The summed E-state index contributed by atoms with van der Waals surface area (Å²) in [4.78, 5) is 31.6. The third kappa shape index (κ3) is 8.94. The SMILES string of the molecule is CCCCOC(C)C(=O)Nc1ccc(N(Cc2ccccn2)C(=O)C(C)OCCCC)cc1. The van der Waals surface area contributed by atoms with Crippen molar-refractivity contribution in [3.63, 3.8) is 0 Å². The molecule has 0 bridgehead atoms. The quantitative estimate of drug-likeness (QED) is 0.407. The average Bonchev–Trinajstić information content (AvgIpc) is 2.83. The number of rotatable bonds is 14. The van der Waals surface area contributed by atoms with Crippen LogP contribution >= 0.6 is 0 Å². The van der Waals surface area contributed by atoms with Gasteiger partial charge in [-0.2, -0.15) is 0 Å². The Labute approximate surface area is 197 Å². The van der Waals surface area contributed by atoms with Gasteiger partial charge in [-0.1, -0.05) is 32.8 Å². The molecule has 1 heterocycles. The molecule has 0 fully saturated rings. The molecule has 1 aromatic heterocycles. The predicted molar refractivity (Wildman–Crippen MR) is 131 cm³/mol. The van der Waals surface area contributed by atoms with Crippen LogP contribution in [0.5, 0.6) is 0 Å². The van der Waals surface area contributed by atoms with E-state index < -0.39 is 12.2 Å². The summed E-state index contributed by atoms with van der Waals surface area (Å²) in [6.45, 7) is 9.12. The molecule has 0 radical (unpaired) electrons. The fourth-order valence-electron chi connectivity index (χ4n) is 3.09. The summed E-state index contributed by atoms with van der Waals surface area (Å²) >= 11 is 0. The smallest absolute Gasteiger partial charge is 0.256 e. The molecule has 1 aromatic carbocycles. The van der Waals surface area contributed by atoms with Gasteiger partial charge in [0.2, 0.25) is 0 Å². The van der Waals surface area contributed by atoms with Crippen LogP contribution in [0.15, 0.2) is 48.7 Å². The molecule has 1 N–H and O–H groups in total. The van der Waals surface area contributed by atoms with E-state index in [1.165, 1.54) is 0 Å². The van der Waals surface area contributed by atoms with Crippen molar-refractivity contribution >= 4 is 23.2 Å². The molecule has 2 unspecified atom stereocenters. The van der Waals surface area contributed by atoms with E-state index in [0.29, 0.717) is 31.1 Å². The van der Waals surface area contributed by atoms with Crippen molar-refractivity contribution in [2.75, 3.05) is 23.4 Å². The number of carbonyl (C=O) groups excluding carboxylic acids is 2. The lowest BCUT2D eigenvalue weighted by molar-refractivity contribution is -0.129. The lowest BCUT2D eigenvalue weighted by atomic mass is 10.2. The summed E-state index contributed by atoms with van der Waals surface area (Å²) in [5.41, 5.74) is 2.14. The Morgan fingerprint density at radius 1 is 0.939 bits per heavy atom. The van der Waals surface area contributed by atoms with Gasteiger partial charge in [0.25, 0.3) is 11.8 Å².